The van der Waals surface area contributed by atoms with Crippen LogP contribution in [0.25, 0.3) is 0 Å². The number of nitrogens with zero attached hydrogens (tertiary/aromatic N) is 2. The summed E-state index contributed by atoms with van der Waals surface area (Å²) in [5, 5.41) is 3.62. The second-order valence-electron chi connectivity index (χ2n) is 5.17. The number of aromatic nitrogens is 2. The van der Waals surface area contributed by atoms with Gasteiger partial charge in [0, 0.05) is 50.6 Å². The molecule has 5 heteroatoms. The maximum atomic E-state index is 6.19. The first kappa shape index (κ1) is 15.4. The average Bonchev–Trinajstić information content (AvgIpc) is 2.50. The summed E-state index contributed by atoms with van der Waals surface area (Å²) in [5.41, 5.74) is 0.878. The molecule has 1 atom stereocenters. The number of nitrogens with one attached hydrogen (secondary N) is 1. The van der Waals surface area contributed by atoms with Gasteiger partial charge in [-0.15, -0.1) is 0 Å². The van der Waals surface area contributed by atoms with Gasteiger partial charge in [-0.25, -0.2) is 9.97 Å². The van der Waals surface area contributed by atoms with E-state index in [0.29, 0.717) is 6.61 Å². The van der Waals surface area contributed by atoms with E-state index >= 15 is 0 Å². The molecule has 2 heterocycles. The van der Waals surface area contributed by atoms with Crippen molar-refractivity contribution in [1.82, 2.24) is 15.3 Å². The molecule has 0 aromatic carbocycles. The van der Waals surface area contributed by atoms with E-state index in [0.717, 1.165) is 44.6 Å². The van der Waals surface area contributed by atoms with E-state index in [1.165, 1.54) is 0 Å². The largest absolute Gasteiger partial charge is 0.381 e. The lowest BCUT2D eigenvalue weighted by Crippen LogP contribution is -2.50. The molecule has 20 heavy (non-hydrogen) atoms. The van der Waals surface area contributed by atoms with Gasteiger partial charge >= 0.3 is 0 Å². The first-order valence-electron chi connectivity index (χ1n) is 7.52. The molecule has 0 saturated carbocycles. The van der Waals surface area contributed by atoms with Gasteiger partial charge in [0.25, 0.3) is 0 Å². The summed E-state index contributed by atoms with van der Waals surface area (Å²) in [6, 6.07) is 0.118. The predicted molar refractivity (Wildman–Crippen MR) is 77.5 cm³/mol. The Morgan fingerprint density at radius 2 is 2.00 bits per heavy atom. The zero-order valence-corrected chi connectivity index (χ0v) is 12.5. The van der Waals surface area contributed by atoms with Gasteiger partial charge in [-0.2, -0.15) is 0 Å². The van der Waals surface area contributed by atoms with Crippen molar-refractivity contribution in [2.45, 2.75) is 44.8 Å². The fraction of sp³-hybridized carbons (Fsp3) is 0.733. The van der Waals surface area contributed by atoms with Crippen LogP contribution in [0.4, 0.5) is 0 Å². The quantitative estimate of drug-likeness (QED) is 0.828. The standard InChI is InChI=1S/C15H25N3O2/c1-3-7-18-14(13-10-16-12-17-11-13)15(20-4-2)5-8-19-9-6-15/h10-12,14,18H,3-9H2,1-2H3. The minimum Gasteiger partial charge on any atom is -0.381 e. The molecule has 1 aliphatic heterocycles. The fourth-order valence-corrected chi connectivity index (χ4v) is 2.88. The van der Waals surface area contributed by atoms with Gasteiger partial charge in [-0.1, -0.05) is 6.92 Å². The summed E-state index contributed by atoms with van der Waals surface area (Å²) in [5.74, 6) is 0. The van der Waals surface area contributed by atoms with Crippen molar-refractivity contribution in [3.05, 3.63) is 24.3 Å². The minimum absolute atomic E-state index is 0.118. The predicted octanol–water partition coefficient (Wildman–Crippen LogP) is 2.10. The molecule has 1 N–H and O–H groups in total. The van der Waals surface area contributed by atoms with E-state index < -0.39 is 0 Å². The van der Waals surface area contributed by atoms with Crippen LogP contribution in [-0.4, -0.2) is 41.9 Å². The highest BCUT2D eigenvalue weighted by Gasteiger charge is 2.42. The fourth-order valence-electron chi connectivity index (χ4n) is 2.88. The normalized spacial score (nSPS) is 19.7. The van der Waals surface area contributed by atoms with Crippen molar-refractivity contribution in [1.29, 1.82) is 0 Å². The van der Waals surface area contributed by atoms with Gasteiger partial charge in [0.05, 0.1) is 11.6 Å². The van der Waals surface area contributed by atoms with Crippen molar-refractivity contribution in [3.63, 3.8) is 0 Å². The number of rotatable bonds is 7. The van der Waals surface area contributed by atoms with Crippen molar-refractivity contribution >= 4 is 0 Å². The molecule has 0 spiro atoms. The molecule has 1 aliphatic rings. The third kappa shape index (κ3) is 3.53. The third-order valence-electron chi connectivity index (χ3n) is 3.81. The van der Waals surface area contributed by atoms with E-state index in [2.05, 4.69) is 29.1 Å². The lowest BCUT2D eigenvalue weighted by Gasteiger charge is -2.43. The third-order valence-corrected chi connectivity index (χ3v) is 3.81. The van der Waals surface area contributed by atoms with E-state index in [1.54, 1.807) is 6.33 Å². The topological polar surface area (TPSA) is 56.3 Å². The summed E-state index contributed by atoms with van der Waals surface area (Å²) in [6.07, 6.45) is 8.22. The summed E-state index contributed by atoms with van der Waals surface area (Å²) < 4.78 is 11.7. The highest BCUT2D eigenvalue weighted by atomic mass is 16.5. The number of hydrogen-bond donors (Lipinski definition) is 1. The number of hydrogen-bond acceptors (Lipinski definition) is 5. The van der Waals surface area contributed by atoms with Gasteiger partial charge in [-0.05, 0) is 19.9 Å². The van der Waals surface area contributed by atoms with Crippen molar-refractivity contribution < 1.29 is 9.47 Å². The molecule has 0 amide bonds. The first-order valence-corrected chi connectivity index (χ1v) is 7.52. The highest BCUT2D eigenvalue weighted by Crippen LogP contribution is 2.37. The van der Waals surface area contributed by atoms with Crippen molar-refractivity contribution in [3.8, 4) is 0 Å². The Morgan fingerprint density at radius 1 is 1.30 bits per heavy atom. The Bertz CT molecular complexity index is 374. The molecule has 2 rings (SSSR count). The van der Waals surface area contributed by atoms with Gasteiger partial charge in [0.15, 0.2) is 0 Å². The monoisotopic (exact) mass is 279 g/mol. The zero-order chi connectivity index (χ0) is 14.3. The molecule has 1 saturated heterocycles. The van der Waals surface area contributed by atoms with Gasteiger partial charge < -0.3 is 14.8 Å². The molecule has 5 nitrogen and oxygen atoms in total. The van der Waals surface area contributed by atoms with Gasteiger partial charge in [-0.3, -0.25) is 0 Å². The molecular formula is C15H25N3O2. The van der Waals surface area contributed by atoms with Crippen LogP contribution in [0, 0.1) is 0 Å². The average molecular weight is 279 g/mol. The summed E-state index contributed by atoms with van der Waals surface area (Å²) >= 11 is 0. The van der Waals surface area contributed by atoms with Crippen LogP contribution in [0.1, 0.15) is 44.7 Å². The van der Waals surface area contributed by atoms with Crippen LogP contribution in [0.3, 0.4) is 0 Å². The summed E-state index contributed by atoms with van der Waals surface area (Å²) in [6.45, 7) is 7.38. The van der Waals surface area contributed by atoms with Crippen molar-refractivity contribution in [2.75, 3.05) is 26.4 Å². The second-order valence-corrected chi connectivity index (χ2v) is 5.17. The minimum atomic E-state index is -0.215. The SMILES string of the molecule is CCCNC(c1cncnc1)C1(OCC)CCOCC1. The molecule has 0 radical (unpaired) electrons. The van der Waals surface area contributed by atoms with Crippen LogP contribution in [0.2, 0.25) is 0 Å². The lowest BCUT2D eigenvalue weighted by molar-refractivity contribution is -0.128. The van der Waals surface area contributed by atoms with E-state index in [9.17, 15) is 0 Å². The highest BCUT2D eigenvalue weighted by molar-refractivity contribution is 5.16. The molecule has 1 fully saturated rings. The first-order chi connectivity index (χ1) is 9.82. The Kier molecular flexibility index (Phi) is 5.88. The Hall–Kier alpha value is -1.04. The summed E-state index contributed by atoms with van der Waals surface area (Å²) in [7, 11) is 0. The van der Waals surface area contributed by atoms with Gasteiger partial charge in [0.2, 0.25) is 0 Å². The smallest absolute Gasteiger partial charge is 0.115 e. The molecule has 1 aromatic heterocycles. The van der Waals surface area contributed by atoms with E-state index in [-0.39, 0.29) is 11.6 Å². The van der Waals surface area contributed by atoms with Crippen LogP contribution < -0.4 is 5.32 Å². The Labute approximate surface area is 121 Å². The van der Waals surface area contributed by atoms with Gasteiger partial charge in [0.1, 0.15) is 6.33 Å². The van der Waals surface area contributed by atoms with E-state index in [4.69, 9.17) is 9.47 Å². The lowest BCUT2D eigenvalue weighted by atomic mass is 9.82. The molecule has 0 bridgehead atoms. The Balaban J connectivity index is 2.26. The molecule has 112 valence electrons. The molecule has 1 aromatic rings. The molecule has 1 unspecified atom stereocenters. The maximum Gasteiger partial charge on any atom is 0.115 e. The molecule has 0 aliphatic carbocycles. The summed E-state index contributed by atoms with van der Waals surface area (Å²) in [4.78, 5) is 8.32. The maximum absolute atomic E-state index is 6.19. The zero-order valence-electron chi connectivity index (χ0n) is 12.5. The second kappa shape index (κ2) is 7.67. The van der Waals surface area contributed by atoms with E-state index in [1.807, 2.05) is 12.4 Å². The number of ether oxygens (including phenoxy) is 2. The van der Waals surface area contributed by atoms with Crippen LogP contribution in [0.5, 0.6) is 0 Å². The molecular weight excluding hydrogens is 254 g/mol. The van der Waals surface area contributed by atoms with Crippen LogP contribution >= 0.6 is 0 Å². The van der Waals surface area contributed by atoms with Crippen molar-refractivity contribution in [2.24, 2.45) is 0 Å². The Morgan fingerprint density at radius 3 is 2.60 bits per heavy atom. The van der Waals surface area contributed by atoms with Crippen LogP contribution in [0.15, 0.2) is 18.7 Å². The van der Waals surface area contributed by atoms with Crippen LogP contribution in [-0.2, 0) is 9.47 Å².